The molecule has 1 fully saturated rings. The smallest absolute Gasteiger partial charge is 0.376 e. The van der Waals surface area contributed by atoms with Crippen molar-refractivity contribution in [2.24, 2.45) is 5.10 Å². The van der Waals surface area contributed by atoms with Gasteiger partial charge >= 0.3 is 18.0 Å². The van der Waals surface area contributed by atoms with Crippen molar-refractivity contribution >= 4 is 18.0 Å². The van der Waals surface area contributed by atoms with E-state index in [-0.39, 0.29) is 18.3 Å². The zero-order chi connectivity index (χ0) is 22.6. The number of hydrazone groups is 1. The Morgan fingerprint density at radius 3 is 2.68 bits per heavy atom. The average Bonchev–Trinajstić information content (AvgIpc) is 3.33. The number of hydrogen-bond donors (Lipinski definition) is 2. The zero-order valence-electron chi connectivity index (χ0n) is 17.1. The van der Waals surface area contributed by atoms with Crippen LogP contribution in [0.1, 0.15) is 35.4 Å². The van der Waals surface area contributed by atoms with Gasteiger partial charge in [0.1, 0.15) is 0 Å². The number of halogens is 3. The van der Waals surface area contributed by atoms with Crippen LogP contribution in [0.3, 0.4) is 0 Å². The van der Waals surface area contributed by atoms with E-state index in [0.717, 1.165) is 18.9 Å². The van der Waals surface area contributed by atoms with Gasteiger partial charge in [-0.05, 0) is 44.9 Å². The van der Waals surface area contributed by atoms with E-state index >= 15 is 0 Å². The number of carbonyl (C=O) groups excluding carboxylic acids is 2. The minimum Gasteiger partial charge on any atom is -0.376 e. The lowest BCUT2D eigenvalue weighted by Crippen LogP contribution is -2.41. The van der Waals surface area contributed by atoms with Gasteiger partial charge in [-0.25, -0.2) is 5.43 Å². The third-order valence-corrected chi connectivity index (χ3v) is 5.01. The Labute approximate surface area is 177 Å². The molecule has 1 saturated heterocycles. The number of alkyl halides is 3. The van der Waals surface area contributed by atoms with Crippen LogP contribution in [-0.4, -0.2) is 41.9 Å². The standard InChI is InChI=1S/C21H23F3N4O3/c1-13-10-15(11-26-27-20(30)19(29)25-12-16-6-5-9-31-16)14(2)28(13)18-8-4-3-7-17(18)21(22,23)24/h3-4,7-8,10-11,16H,5-6,9,12H2,1-2H3,(H,25,29)(H,27,30)/b26-11-/t16-/m0/s1. The Kier molecular flexibility index (Phi) is 6.79. The van der Waals surface area contributed by atoms with Gasteiger partial charge in [0.15, 0.2) is 0 Å². The minimum absolute atomic E-state index is 0.00203. The van der Waals surface area contributed by atoms with Crippen molar-refractivity contribution in [2.75, 3.05) is 13.2 Å². The molecule has 0 bridgehead atoms. The van der Waals surface area contributed by atoms with Gasteiger partial charge < -0.3 is 14.6 Å². The van der Waals surface area contributed by atoms with Gasteiger partial charge in [0.05, 0.1) is 23.6 Å². The maximum atomic E-state index is 13.4. The second-order valence-electron chi connectivity index (χ2n) is 7.22. The van der Waals surface area contributed by atoms with E-state index in [0.29, 0.717) is 23.6 Å². The fraction of sp³-hybridized carbons (Fsp3) is 0.381. The van der Waals surface area contributed by atoms with E-state index in [1.54, 1.807) is 19.9 Å². The fourth-order valence-electron chi connectivity index (χ4n) is 3.50. The highest BCUT2D eigenvalue weighted by molar-refractivity contribution is 6.35. The molecule has 10 heteroatoms. The highest BCUT2D eigenvalue weighted by atomic mass is 19.4. The molecule has 1 aliphatic heterocycles. The van der Waals surface area contributed by atoms with Crippen LogP contribution in [0.4, 0.5) is 13.2 Å². The largest absolute Gasteiger partial charge is 0.418 e. The van der Waals surface area contributed by atoms with E-state index in [1.807, 2.05) is 0 Å². The summed E-state index contributed by atoms with van der Waals surface area (Å²) in [4.78, 5) is 23.7. The third kappa shape index (κ3) is 5.32. The molecule has 0 radical (unpaired) electrons. The minimum atomic E-state index is -4.50. The lowest BCUT2D eigenvalue weighted by atomic mass is 10.1. The third-order valence-electron chi connectivity index (χ3n) is 5.01. The maximum Gasteiger partial charge on any atom is 0.418 e. The molecule has 2 aromatic rings. The molecule has 2 heterocycles. The topological polar surface area (TPSA) is 84.7 Å². The van der Waals surface area contributed by atoms with Gasteiger partial charge in [0.2, 0.25) is 0 Å². The van der Waals surface area contributed by atoms with Crippen LogP contribution in [-0.2, 0) is 20.5 Å². The lowest BCUT2D eigenvalue weighted by Gasteiger charge is -2.16. The lowest BCUT2D eigenvalue weighted by molar-refractivity contribution is -0.139. The molecule has 7 nitrogen and oxygen atoms in total. The first-order valence-electron chi connectivity index (χ1n) is 9.77. The molecule has 0 saturated carbocycles. The number of amides is 2. The summed E-state index contributed by atoms with van der Waals surface area (Å²) in [7, 11) is 0. The summed E-state index contributed by atoms with van der Waals surface area (Å²) in [5.41, 5.74) is 2.96. The van der Waals surface area contributed by atoms with E-state index in [2.05, 4.69) is 15.8 Å². The van der Waals surface area contributed by atoms with Crippen LogP contribution in [0, 0.1) is 13.8 Å². The van der Waals surface area contributed by atoms with Crippen molar-refractivity contribution in [3.63, 3.8) is 0 Å². The maximum absolute atomic E-state index is 13.4. The van der Waals surface area contributed by atoms with Crippen molar-refractivity contribution in [1.82, 2.24) is 15.3 Å². The summed E-state index contributed by atoms with van der Waals surface area (Å²) < 4.78 is 47.0. The molecule has 0 aliphatic carbocycles. The average molecular weight is 436 g/mol. The number of hydrogen-bond acceptors (Lipinski definition) is 4. The number of carbonyl (C=O) groups is 2. The number of ether oxygens (including phenoxy) is 1. The van der Waals surface area contributed by atoms with Gasteiger partial charge in [0, 0.05) is 30.1 Å². The molecule has 0 unspecified atom stereocenters. The quantitative estimate of drug-likeness (QED) is 0.430. The fourth-order valence-corrected chi connectivity index (χ4v) is 3.50. The van der Waals surface area contributed by atoms with E-state index < -0.39 is 23.6 Å². The SMILES string of the molecule is Cc1cc(/C=N\NC(=O)C(=O)NC[C@@H]2CCCO2)c(C)n1-c1ccccc1C(F)(F)F. The number of nitrogens with zero attached hydrogens (tertiary/aromatic N) is 2. The summed E-state index contributed by atoms with van der Waals surface area (Å²) >= 11 is 0. The first-order chi connectivity index (χ1) is 14.7. The van der Waals surface area contributed by atoms with Crippen molar-refractivity contribution in [2.45, 2.75) is 39.0 Å². The Hall–Kier alpha value is -3.14. The van der Waals surface area contributed by atoms with Crippen LogP contribution in [0.2, 0.25) is 0 Å². The van der Waals surface area contributed by atoms with Crippen molar-refractivity contribution in [3.8, 4) is 5.69 Å². The molecule has 1 aliphatic rings. The van der Waals surface area contributed by atoms with Crippen LogP contribution in [0.5, 0.6) is 0 Å². The Morgan fingerprint density at radius 1 is 1.26 bits per heavy atom. The second-order valence-corrected chi connectivity index (χ2v) is 7.22. The number of aromatic nitrogens is 1. The summed E-state index contributed by atoms with van der Waals surface area (Å²) in [6, 6.07) is 6.94. The Morgan fingerprint density at radius 2 is 2.00 bits per heavy atom. The van der Waals surface area contributed by atoms with Gasteiger partial charge in [-0.2, -0.15) is 18.3 Å². The molecule has 166 valence electrons. The van der Waals surface area contributed by atoms with Crippen molar-refractivity contribution in [3.05, 3.63) is 52.8 Å². The van der Waals surface area contributed by atoms with Crippen LogP contribution in [0.15, 0.2) is 35.4 Å². The summed E-state index contributed by atoms with van der Waals surface area (Å²) in [5.74, 6) is -1.78. The number of aryl methyl sites for hydroxylation is 1. The number of benzene rings is 1. The Balaban J connectivity index is 1.69. The van der Waals surface area contributed by atoms with Gasteiger partial charge in [-0.15, -0.1) is 0 Å². The van der Waals surface area contributed by atoms with Crippen LogP contribution in [0.25, 0.3) is 5.69 Å². The first-order valence-corrected chi connectivity index (χ1v) is 9.77. The normalized spacial score (nSPS) is 16.6. The predicted molar refractivity (Wildman–Crippen MR) is 108 cm³/mol. The summed E-state index contributed by atoms with van der Waals surface area (Å²) in [5, 5.41) is 6.25. The van der Waals surface area contributed by atoms with E-state index in [1.165, 1.54) is 29.0 Å². The highest BCUT2D eigenvalue weighted by Crippen LogP contribution is 2.35. The predicted octanol–water partition coefficient (Wildman–Crippen LogP) is 2.86. The molecule has 31 heavy (non-hydrogen) atoms. The number of nitrogens with one attached hydrogen (secondary N) is 2. The second kappa shape index (κ2) is 9.34. The molecular weight excluding hydrogens is 413 g/mol. The van der Waals surface area contributed by atoms with Crippen LogP contribution >= 0.6 is 0 Å². The molecule has 1 aromatic heterocycles. The number of para-hydroxylation sites is 1. The van der Waals surface area contributed by atoms with Crippen LogP contribution < -0.4 is 10.7 Å². The summed E-state index contributed by atoms with van der Waals surface area (Å²) in [6.07, 6.45) is -1.56. The molecule has 1 aromatic carbocycles. The zero-order valence-corrected chi connectivity index (χ0v) is 17.1. The van der Waals surface area contributed by atoms with Crippen molar-refractivity contribution in [1.29, 1.82) is 0 Å². The number of rotatable bonds is 5. The Bertz CT molecular complexity index is 992. The van der Waals surface area contributed by atoms with Crippen molar-refractivity contribution < 1.29 is 27.5 Å². The molecule has 3 rings (SSSR count). The monoisotopic (exact) mass is 436 g/mol. The molecule has 2 amide bonds. The first kappa shape index (κ1) is 22.5. The van der Waals surface area contributed by atoms with E-state index in [9.17, 15) is 22.8 Å². The summed E-state index contributed by atoms with van der Waals surface area (Å²) in [6.45, 7) is 4.21. The molecule has 0 spiro atoms. The molecular formula is C21H23F3N4O3. The molecule has 1 atom stereocenters. The van der Waals surface area contributed by atoms with Gasteiger partial charge in [0.25, 0.3) is 0 Å². The molecule has 2 N–H and O–H groups in total. The van der Waals surface area contributed by atoms with Gasteiger partial charge in [-0.3, -0.25) is 9.59 Å². The highest BCUT2D eigenvalue weighted by Gasteiger charge is 2.34. The van der Waals surface area contributed by atoms with Gasteiger partial charge in [-0.1, -0.05) is 12.1 Å². The van der Waals surface area contributed by atoms with E-state index in [4.69, 9.17) is 4.74 Å².